The molecule has 0 bridgehead atoms. The van der Waals surface area contributed by atoms with Gasteiger partial charge in [0.1, 0.15) is 11.3 Å². The van der Waals surface area contributed by atoms with Crippen molar-refractivity contribution in [1.29, 1.82) is 0 Å². The van der Waals surface area contributed by atoms with Crippen LogP contribution < -0.4 is 5.32 Å². The SMILES string of the molecule is C[C@@H](NC(=O)COC(=O)[C@H]1CCCO1)c1cc2ccccc2o1. The molecule has 1 amide bonds. The van der Waals surface area contributed by atoms with Crippen molar-refractivity contribution >= 4 is 22.8 Å². The summed E-state index contributed by atoms with van der Waals surface area (Å²) < 4.78 is 15.9. The van der Waals surface area contributed by atoms with Crippen LogP contribution in [0.25, 0.3) is 11.0 Å². The van der Waals surface area contributed by atoms with Crippen LogP contribution in [-0.4, -0.2) is 31.2 Å². The Morgan fingerprint density at radius 2 is 2.22 bits per heavy atom. The van der Waals surface area contributed by atoms with Crippen LogP contribution in [0.15, 0.2) is 34.7 Å². The standard InChI is InChI=1S/C17H19NO5/c1-11(15-9-12-5-2-3-6-13(12)23-15)18-16(19)10-22-17(20)14-7-4-8-21-14/h2-3,5-6,9,11,14H,4,7-8,10H2,1H3,(H,18,19)/t11-,14-/m1/s1. The highest BCUT2D eigenvalue weighted by Gasteiger charge is 2.25. The predicted molar refractivity (Wildman–Crippen MR) is 82.7 cm³/mol. The highest BCUT2D eigenvalue weighted by atomic mass is 16.6. The highest BCUT2D eigenvalue weighted by molar-refractivity contribution is 5.82. The van der Waals surface area contributed by atoms with Crippen molar-refractivity contribution in [2.75, 3.05) is 13.2 Å². The molecule has 1 aromatic carbocycles. The van der Waals surface area contributed by atoms with Crippen molar-refractivity contribution in [2.45, 2.75) is 31.9 Å². The van der Waals surface area contributed by atoms with Crippen LogP contribution in [0.3, 0.4) is 0 Å². The molecule has 1 aliphatic heterocycles. The van der Waals surface area contributed by atoms with E-state index < -0.39 is 12.1 Å². The number of carbonyl (C=O) groups is 2. The second kappa shape index (κ2) is 6.83. The lowest BCUT2D eigenvalue weighted by Gasteiger charge is -2.13. The average Bonchev–Trinajstić information content (AvgIpc) is 3.21. The van der Waals surface area contributed by atoms with Crippen LogP contribution in [0.5, 0.6) is 0 Å². The normalized spacial score (nSPS) is 18.7. The van der Waals surface area contributed by atoms with Crippen molar-refractivity contribution in [3.63, 3.8) is 0 Å². The highest BCUT2D eigenvalue weighted by Crippen LogP contribution is 2.23. The smallest absolute Gasteiger partial charge is 0.335 e. The Hall–Kier alpha value is -2.34. The summed E-state index contributed by atoms with van der Waals surface area (Å²) in [6, 6.07) is 9.21. The van der Waals surface area contributed by atoms with Gasteiger partial charge in [0.15, 0.2) is 12.7 Å². The van der Waals surface area contributed by atoms with Crippen LogP contribution >= 0.6 is 0 Å². The van der Waals surface area contributed by atoms with Gasteiger partial charge in [-0.2, -0.15) is 0 Å². The zero-order valence-electron chi connectivity index (χ0n) is 12.9. The molecule has 0 unspecified atom stereocenters. The van der Waals surface area contributed by atoms with E-state index >= 15 is 0 Å². The first-order valence-electron chi connectivity index (χ1n) is 7.69. The van der Waals surface area contributed by atoms with E-state index in [1.807, 2.05) is 37.3 Å². The fourth-order valence-electron chi connectivity index (χ4n) is 2.56. The number of ether oxygens (including phenoxy) is 2. The Labute approximate surface area is 133 Å². The quantitative estimate of drug-likeness (QED) is 0.856. The van der Waals surface area contributed by atoms with E-state index in [9.17, 15) is 9.59 Å². The number of nitrogens with one attached hydrogen (secondary N) is 1. The minimum absolute atomic E-state index is 0.309. The Morgan fingerprint density at radius 1 is 1.39 bits per heavy atom. The lowest BCUT2D eigenvalue weighted by molar-refractivity contribution is -0.157. The van der Waals surface area contributed by atoms with Crippen molar-refractivity contribution < 1.29 is 23.5 Å². The number of amides is 1. The van der Waals surface area contributed by atoms with Crippen LogP contribution in [0.1, 0.15) is 31.6 Å². The molecule has 0 spiro atoms. The molecule has 1 aliphatic rings. The first kappa shape index (κ1) is 15.6. The number of para-hydroxylation sites is 1. The largest absolute Gasteiger partial charge is 0.459 e. The van der Waals surface area contributed by atoms with Gasteiger partial charge >= 0.3 is 5.97 Å². The van der Waals surface area contributed by atoms with Gasteiger partial charge in [-0.05, 0) is 31.9 Å². The van der Waals surface area contributed by atoms with Gasteiger partial charge in [-0.25, -0.2) is 4.79 Å². The van der Waals surface area contributed by atoms with Gasteiger partial charge in [0.2, 0.25) is 0 Å². The van der Waals surface area contributed by atoms with Gasteiger partial charge in [-0.15, -0.1) is 0 Å². The summed E-state index contributed by atoms with van der Waals surface area (Å²) in [4.78, 5) is 23.6. The molecule has 6 heteroatoms. The molecule has 0 radical (unpaired) electrons. The van der Waals surface area contributed by atoms with Gasteiger partial charge < -0.3 is 19.2 Å². The molecule has 1 fully saturated rings. The second-order valence-corrected chi connectivity index (χ2v) is 5.59. The lowest BCUT2D eigenvalue weighted by Crippen LogP contribution is -2.33. The first-order chi connectivity index (χ1) is 11.1. The second-order valence-electron chi connectivity index (χ2n) is 5.59. The molecule has 2 aromatic rings. The fourth-order valence-corrected chi connectivity index (χ4v) is 2.56. The summed E-state index contributed by atoms with van der Waals surface area (Å²) in [5.41, 5.74) is 0.772. The van der Waals surface area contributed by atoms with E-state index in [2.05, 4.69) is 5.32 Å². The number of furan rings is 1. The summed E-state index contributed by atoms with van der Waals surface area (Å²) in [5, 5.41) is 3.73. The van der Waals surface area contributed by atoms with Crippen LogP contribution in [-0.2, 0) is 19.1 Å². The maximum Gasteiger partial charge on any atom is 0.335 e. The summed E-state index contributed by atoms with van der Waals surface area (Å²) in [5.74, 6) is -0.191. The molecule has 1 saturated heterocycles. The third-order valence-electron chi connectivity index (χ3n) is 3.79. The van der Waals surface area contributed by atoms with Crippen LogP contribution in [0.2, 0.25) is 0 Å². The van der Waals surface area contributed by atoms with E-state index in [-0.39, 0.29) is 18.6 Å². The topological polar surface area (TPSA) is 77.8 Å². The Kier molecular flexibility index (Phi) is 4.62. The molecule has 2 heterocycles. The van der Waals surface area contributed by atoms with E-state index in [1.54, 1.807) is 0 Å². The van der Waals surface area contributed by atoms with Crippen molar-refractivity contribution in [3.8, 4) is 0 Å². The van der Waals surface area contributed by atoms with Gasteiger partial charge in [0.25, 0.3) is 5.91 Å². The summed E-state index contributed by atoms with van der Waals surface area (Å²) in [7, 11) is 0. The number of carbonyl (C=O) groups excluding carboxylic acids is 2. The molecule has 3 rings (SSSR count). The van der Waals surface area contributed by atoms with Crippen LogP contribution in [0.4, 0.5) is 0 Å². The number of esters is 1. The Bertz CT molecular complexity index is 669. The van der Waals surface area contributed by atoms with Gasteiger partial charge in [-0.1, -0.05) is 18.2 Å². The third-order valence-corrected chi connectivity index (χ3v) is 3.79. The molecule has 1 aromatic heterocycles. The van der Waals surface area contributed by atoms with Gasteiger partial charge in [0.05, 0.1) is 6.04 Å². The fraction of sp³-hybridized carbons (Fsp3) is 0.412. The van der Waals surface area contributed by atoms with Gasteiger partial charge in [-0.3, -0.25) is 4.79 Å². The van der Waals surface area contributed by atoms with Crippen LogP contribution in [0, 0.1) is 0 Å². The molecule has 23 heavy (non-hydrogen) atoms. The minimum atomic E-state index is -0.532. The minimum Gasteiger partial charge on any atom is -0.459 e. The maximum absolute atomic E-state index is 11.9. The van der Waals surface area contributed by atoms with Gasteiger partial charge in [0, 0.05) is 12.0 Å². The average molecular weight is 317 g/mol. The van der Waals surface area contributed by atoms with Crippen molar-refractivity contribution in [2.24, 2.45) is 0 Å². The third kappa shape index (κ3) is 3.71. The van der Waals surface area contributed by atoms with Crippen molar-refractivity contribution in [3.05, 3.63) is 36.1 Å². The molecule has 0 saturated carbocycles. The molecule has 2 atom stereocenters. The molecule has 122 valence electrons. The van der Waals surface area contributed by atoms with E-state index in [0.29, 0.717) is 18.8 Å². The summed E-state index contributed by atoms with van der Waals surface area (Å²) >= 11 is 0. The number of fused-ring (bicyclic) bond motifs is 1. The van der Waals surface area contributed by atoms with E-state index in [1.165, 1.54) is 0 Å². The number of hydrogen-bond acceptors (Lipinski definition) is 5. The number of benzene rings is 1. The Morgan fingerprint density at radius 3 is 2.96 bits per heavy atom. The van der Waals surface area contributed by atoms with E-state index in [0.717, 1.165) is 17.4 Å². The zero-order chi connectivity index (χ0) is 16.2. The molecule has 6 nitrogen and oxygen atoms in total. The number of hydrogen-bond donors (Lipinski definition) is 1. The zero-order valence-corrected chi connectivity index (χ0v) is 12.9. The van der Waals surface area contributed by atoms with E-state index in [4.69, 9.17) is 13.9 Å². The Balaban J connectivity index is 1.51. The molecule has 0 aliphatic carbocycles. The van der Waals surface area contributed by atoms with Crippen molar-refractivity contribution in [1.82, 2.24) is 5.32 Å². The maximum atomic E-state index is 11.9. The monoisotopic (exact) mass is 317 g/mol. The first-order valence-corrected chi connectivity index (χ1v) is 7.69. The molecular weight excluding hydrogens is 298 g/mol. The lowest BCUT2D eigenvalue weighted by atomic mass is 10.2. The predicted octanol–water partition coefficient (Wildman–Crippen LogP) is 2.33. The number of rotatable bonds is 5. The molecular formula is C17H19NO5. The summed E-state index contributed by atoms with van der Waals surface area (Å²) in [6.07, 6.45) is 0.959. The molecule has 1 N–H and O–H groups in total. The summed E-state index contributed by atoms with van der Waals surface area (Å²) in [6.45, 7) is 2.07.